The van der Waals surface area contributed by atoms with E-state index in [4.69, 9.17) is 25.2 Å². The molecular weight excluding hydrogens is 507 g/mol. The Balaban J connectivity index is 1.72. The number of phosphoric ester groups is 1. The number of nitrogen functional groups attached to an aromatic ring is 1. The minimum atomic E-state index is -5.73. The summed E-state index contributed by atoms with van der Waals surface area (Å²) < 4.78 is 51.6. The molecule has 0 aliphatic carbocycles. The van der Waals surface area contributed by atoms with Gasteiger partial charge >= 0.3 is 23.5 Å². The number of ether oxygens (including phenoxy) is 1. The zero-order valence-corrected chi connectivity index (χ0v) is 18.0. The van der Waals surface area contributed by atoms with Gasteiger partial charge in [0.1, 0.15) is 18.3 Å². The molecule has 0 amide bonds. The third-order valence-corrected chi connectivity index (χ3v) is 7.68. The first-order valence-electron chi connectivity index (χ1n) is 8.11. The number of nitrogens with two attached hydrogens (primary N) is 1. The molecular formula is C10H16N5O14P3. The Morgan fingerprint density at radius 1 is 1.12 bits per heavy atom. The van der Waals surface area contributed by atoms with Crippen LogP contribution in [0, 0.1) is 0 Å². The zero-order chi connectivity index (χ0) is 24.1. The largest absolute Gasteiger partial charge is 0.490 e. The van der Waals surface area contributed by atoms with Crippen LogP contribution in [0.5, 0.6) is 0 Å². The number of hydrogen-bond donors (Lipinski definition) is 8. The van der Waals surface area contributed by atoms with Gasteiger partial charge < -0.3 is 40.3 Å². The molecule has 180 valence electrons. The van der Waals surface area contributed by atoms with Crippen molar-refractivity contribution < 1.29 is 61.4 Å². The van der Waals surface area contributed by atoms with Gasteiger partial charge in [-0.15, -0.1) is 0 Å². The molecule has 22 heteroatoms. The lowest BCUT2D eigenvalue weighted by Crippen LogP contribution is -2.33. The van der Waals surface area contributed by atoms with E-state index in [2.05, 4.69) is 28.1 Å². The first-order valence-corrected chi connectivity index (χ1v) is 12.6. The molecule has 2 unspecified atom stereocenters. The molecule has 6 atom stereocenters. The van der Waals surface area contributed by atoms with Crippen LogP contribution in [0.25, 0.3) is 11.2 Å². The number of aromatic nitrogens is 4. The number of aliphatic hydroxyl groups is 2. The van der Waals surface area contributed by atoms with Crippen LogP contribution in [0.4, 0.5) is 5.95 Å². The van der Waals surface area contributed by atoms with Crippen LogP contribution in [0.2, 0.25) is 0 Å². The SMILES string of the molecule is Nc1nc2c(ncn2[C@@H]2O[C@H](COP(=O)(O)OP(=O)(O)OP(=O)(O)O)[C@H](O)[C@H]2O)c(=O)[nH]1. The first-order chi connectivity index (χ1) is 14.6. The minimum Gasteiger partial charge on any atom is -0.387 e. The molecule has 1 aliphatic rings. The minimum absolute atomic E-state index is 0.115. The summed E-state index contributed by atoms with van der Waals surface area (Å²) in [7, 11) is -16.8. The number of H-pyrrole nitrogens is 1. The number of anilines is 1. The van der Waals surface area contributed by atoms with E-state index < -0.39 is 60.2 Å². The fourth-order valence-corrected chi connectivity index (χ4v) is 5.73. The second-order valence-electron chi connectivity index (χ2n) is 6.21. The monoisotopic (exact) mass is 523 g/mol. The van der Waals surface area contributed by atoms with Gasteiger partial charge in [0.25, 0.3) is 5.56 Å². The number of rotatable bonds is 8. The molecule has 32 heavy (non-hydrogen) atoms. The number of hydrogen-bond acceptors (Lipinski definition) is 13. The Hall–Kier alpha value is -1.56. The summed E-state index contributed by atoms with van der Waals surface area (Å²) in [6.07, 6.45) is -5.33. The highest BCUT2D eigenvalue weighted by Crippen LogP contribution is 2.66. The number of nitrogens with one attached hydrogen (secondary N) is 1. The van der Waals surface area contributed by atoms with E-state index in [1.165, 1.54) is 0 Å². The number of phosphoric acid groups is 3. The molecule has 2 aromatic rings. The Bertz CT molecular complexity index is 1210. The highest BCUT2D eigenvalue weighted by Gasteiger charge is 2.47. The van der Waals surface area contributed by atoms with Crippen molar-refractivity contribution in [1.29, 1.82) is 0 Å². The van der Waals surface area contributed by atoms with Crippen LogP contribution >= 0.6 is 23.5 Å². The summed E-state index contributed by atoms with van der Waals surface area (Å²) in [4.78, 5) is 57.3. The van der Waals surface area contributed by atoms with E-state index in [0.717, 1.165) is 10.9 Å². The van der Waals surface area contributed by atoms with Crippen LogP contribution < -0.4 is 11.3 Å². The fraction of sp³-hybridized carbons (Fsp3) is 0.500. The summed E-state index contributed by atoms with van der Waals surface area (Å²) in [5.41, 5.74) is 4.50. The molecule has 1 saturated heterocycles. The topological polar surface area (TPSA) is 299 Å². The van der Waals surface area contributed by atoms with Crippen molar-refractivity contribution in [2.24, 2.45) is 0 Å². The molecule has 3 rings (SSSR count). The average molecular weight is 523 g/mol. The van der Waals surface area contributed by atoms with Gasteiger partial charge in [0.15, 0.2) is 17.4 Å². The van der Waals surface area contributed by atoms with E-state index in [-0.39, 0.29) is 17.1 Å². The smallest absolute Gasteiger partial charge is 0.387 e. The maximum atomic E-state index is 11.9. The Morgan fingerprint density at radius 3 is 2.41 bits per heavy atom. The van der Waals surface area contributed by atoms with Crippen molar-refractivity contribution in [1.82, 2.24) is 19.5 Å². The third kappa shape index (κ3) is 5.67. The molecule has 2 aromatic heterocycles. The quantitative estimate of drug-likeness (QED) is 0.168. The van der Waals surface area contributed by atoms with Gasteiger partial charge in [-0.25, -0.2) is 18.7 Å². The van der Waals surface area contributed by atoms with Crippen LogP contribution in [0.1, 0.15) is 6.23 Å². The van der Waals surface area contributed by atoms with E-state index >= 15 is 0 Å². The van der Waals surface area contributed by atoms with Crippen LogP contribution in [-0.4, -0.2) is 74.2 Å². The van der Waals surface area contributed by atoms with E-state index in [0.29, 0.717) is 0 Å². The third-order valence-electron chi connectivity index (χ3n) is 3.88. The predicted molar refractivity (Wildman–Crippen MR) is 98.3 cm³/mol. The highest BCUT2D eigenvalue weighted by atomic mass is 31.3. The molecule has 0 saturated carbocycles. The van der Waals surface area contributed by atoms with Gasteiger partial charge in [-0.3, -0.25) is 18.9 Å². The summed E-state index contributed by atoms with van der Waals surface area (Å²) >= 11 is 0. The van der Waals surface area contributed by atoms with Crippen LogP contribution in [-0.2, 0) is 31.6 Å². The van der Waals surface area contributed by atoms with Crippen molar-refractivity contribution >= 4 is 40.6 Å². The molecule has 1 aliphatic heterocycles. The Labute approximate surface area is 175 Å². The molecule has 0 bridgehead atoms. The molecule has 0 spiro atoms. The lowest BCUT2D eigenvalue weighted by Gasteiger charge is -2.19. The standard InChI is InChI=1S/C10H16N5O14P3/c11-10-13-7-4(8(18)14-10)12-2-15(7)9-6(17)5(16)3(27-9)1-26-31(22,23)29-32(24,25)28-30(19,20)21/h2-3,5-6,9,16-17H,1H2,(H,22,23)(H,24,25)(H2,19,20,21)(H3,11,13,14,18)/t3-,5+,6-,9-/m1/s1. The average Bonchev–Trinajstić information content (AvgIpc) is 3.12. The lowest BCUT2D eigenvalue weighted by atomic mass is 10.1. The van der Waals surface area contributed by atoms with Gasteiger partial charge in [-0.05, 0) is 0 Å². The van der Waals surface area contributed by atoms with Gasteiger partial charge in [0.05, 0.1) is 12.9 Å². The molecule has 0 aromatic carbocycles. The normalized spacial score (nSPS) is 27.9. The molecule has 0 radical (unpaired) electrons. The summed E-state index contributed by atoms with van der Waals surface area (Å²) in [5, 5.41) is 20.4. The molecule has 3 heterocycles. The highest BCUT2D eigenvalue weighted by molar-refractivity contribution is 7.66. The van der Waals surface area contributed by atoms with Gasteiger partial charge in [0.2, 0.25) is 5.95 Å². The number of aliphatic hydroxyl groups excluding tert-OH is 2. The van der Waals surface area contributed by atoms with E-state index in [1.54, 1.807) is 0 Å². The molecule has 1 fully saturated rings. The zero-order valence-electron chi connectivity index (χ0n) is 15.3. The van der Waals surface area contributed by atoms with Crippen molar-refractivity contribution in [2.75, 3.05) is 12.3 Å². The lowest BCUT2D eigenvalue weighted by molar-refractivity contribution is -0.0503. The summed E-state index contributed by atoms with van der Waals surface area (Å²) in [5.74, 6) is -0.276. The summed E-state index contributed by atoms with van der Waals surface area (Å²) in [6.45, 7) is -1.01. The van der Waals surface area contributed by atoms with Crippen molar-refractivity contribution in [3.05, 3.63) is 16.7 Å². The van der Waals surface area contributed by atoms with Crippen molar-refractivity contribution in [3.63, 3.8) is 0 Å². The molecule has 19 nitrogen and oxygen atoms in total. The van der Waals surface area contributed by atoms with Crippen molar-refractivity contribution in [3.8, 4) is 0 Å². The van der Waals surface area contributed by atoms with Gasteiger partial charge in [-0.2, -0.15) is 13.6 Å². The fourth-order valence-electron chi connectivity index (χ4n) is 2.70. The van der Waals surface area contributed by atoms with Crippen LogP contribution in [0.3, 0.4) is 0 Å². The van der Waals surface area contributed by atoms with Crippen LogP contribution in [0.15, 0.2) is 11.1 Å². The van der Waals surface area contributed by atoms with Gasteiger partial charge in [-0.1, -0.05) is 0 Å². The maximum absolute atomic E-state index is 11.9. The van der Waals surface area contributed by atoms with Crippen molar-refractivity contribution in [2.45, 2.75) is 24.5 Å². The number of nitrogens with zero attached hydrogens (tertiary/aromatic N) is 3. The van der Waals surface area contributed by atoms with E-state index in [9.17, 15) is 33.6 Å². The second-order valence-corrected chi connectivity index (χ2v) is 10.6. The van der Waals surface area contributed by atoms with E-state index in [1.807, 2.05) is 0 Å². The molecule has 9 N–H and O–H groups in total. The predicted octanol–water partition coefficient (Wildman–Crippen LogP) is -2.34. The second kappa shape index (κ2) is 8.66. The number of fused-ring (bicyclic) bond motifs is 1. The number of imidazole rings is 1. The maximum Gasteiger partial charge on any atom is 0.490 e. The summed E-state index contributed by atoms with van der Waals surface area (Å²) in [6, 6.07) is 0. The Kier molecular flexibility index (Phi) is 6.78. The number of aromatic amines is 1. The first kappa shape index (κ1) is 25.1. The van der Waals surface area contributed by atoms with Gasteiger partial charge in [0, 0.05) is 0 Å². The Morgan fingerprint density at radius 2 is 1.78 bits per heavy atom.